The highest BCUT2D eigenvalue weighted by atomic mass is 16.5. The van der Waals surface area contributed by atoms with Crippen LogP contribution in [0.5, 0.6) is 0 Å². The van der Waals surface area contributed by atoms with Crippen LogP contribution in [0, 0.1) is 0 Å². The van der Waals surface area contributed by atoms with Gasteiger partial charge in [-0.2, -0.15) is 0 Å². The van der Waals surface area contributed by atoms with Crippen molar-refractivity contribution in [2.45, 2.75) is 6.42 Å². The van der Waals surface area contributed by atoms with Gasteiger partial charge in [0.15, 0.2) is 0 Å². The van der Waals surface area contributed by atoms with Crippen LogP contribution in [0.4, 0.5) is 0 Å². The molecule has 54 valence electrons. The fraction of sp³-hybridized carbons (Fsp3) is 0.286. The third-order valence-electron chi connectivity index (χ3n) is 1.40. The molecule has 0 atom stereocenters. The van der Waals surface area contributed by atoms with Crippen molar-refractivity contribution in [1.29, 1.82) is 0 Å². The normalized spacial score (nSPS) is 16.1. The van der Waals surface area contributed by atoms with E-state index in [0.29, 0.717) is 17.7 Å². The van der Waals surface area contributed by atoms with E-state index < -0.39 is 0 Å². The van der Waals surface area contributed by atoms with Gasteiger partial charge in [0.05, 0.1) is 12.7 Å². The van der Waals surface area contributed by atoms with Crippen molar-refractivity contribution in [3.8, 4) is 0 Å². The second-order valence-corrected chi connectivity index (χ2v) is 2.03. The molecule has 0 unspecified atom stereocenters. The van der Waals surface area contributed by atoms with Crippen molar-refractivity contribution >= 4 is 5.97 Å². The first-order valence-corrected chi connectivity index (χ1v) is 2.99. The van der Waals surface area contributed by atoms with Crippen molar-refractivity contribution < 1.29 is 9.53 Å². The van der Waals surface area contributed by atoms with Crippen LogP contribution >= 0.6 is 0 Å². The standard InChI is InChI=1S/C7H9NO2/c1-10-7(9)5-3-2-4-6(5)8/h2,4H,3,8H2,1H3. The molecule has 0 fully saturated rings. The van der Waals surface area contributed by atoms with Crippen LogP contribution < -0.4 is 5.73 Å². The summed E-state index contributed by atoms with van der Waals surface area (Å²) >= 11 is 0. The van der Waals surface area contributed by atoms with Crippen molar-refractivity contribution in [2.75, 3.05) is 7.11 Å². The highest BCUT2D eigenvalue weighted by Crippen LogP contribution is 2.15. The van der Waals surface area contributed by atoms with E-state index in [1.807, 2.05) is 6.08 Å². The lowest BCUT2D eigenvalue weighted by Gasteiger charge is -1.98. The zero-order valence-electron chi connectivity index (χ0n) is 5.76. The summed E-state index contributed by atoms with van der Waals surface area (Å²) in [5.74, 6) is -0.331. The Hall–Kier alpha value is -1.25. The summed E-state index contributed by atoms with van der Waals surface area (Å²) in [7, 11) is 1.35. The van der Waals surface area contributed by atoms with Gasteiger partial charge in [-0.25, -0.2) is 4.79 Å². The number of carbonyl (C=O) groups is 1. The van der Waals surface area contributed by atoms with Crippen molar-refractivity contribution in [1.82, 2.24) is 0 Å². The number of hydrogen-bond acceptors (Lipinski definition) is 3. The van der Waals surface area contributed by atoms with Gasteiger partial charge in [0.25, 0.3) is 0 Å². The second-order valence-electron chi connectivity index (χ2n) is 2.03. The molecule has 3 heteroatoms. The summed E-state index contributed by atoms with van der Waals surface area (Å²) in [5.41, 5.74) is 6.53. The Labute approximate surface area is 59.2 Å². The number of carbonyl (C=O) groups excluding carboxylic acids is 1. The van der Waals surface area contributed by atoms with Gasteiger partial charge in [-0.05, 0) is 12.5 Å². The first-order chi connectivity index (χ1) is 4.75. The van der Waals surface area contributed by atoms with Gasteiger partial charge in [0.1, 0.15) is 0 Å². The fourth-order valence-corrected chi connectivity index (χ4v) is 0.847. The molecule has 0 amide bonds. The Bertz CT molecular complexity index is 216. The van der Waals surface area contributed by atoms with Gasteiger partial charge in [0.2, 0.25) is 0 Å². The minimum atomic E-state index is -0.331. The smallest absolute Gasteiger partial charge is 0.336 e. The van der Waals surface area contributed by atoms with Crippen LogP contribution in [0.1, 0.15) is 6.42 Å². The number of hydrogen-bond donors (Lipinski definition) is 1. The van der Waals surface area contributed by atoms with Crippen molar-refractivity contribution in [3.63, 3.8) is 0 Å². The van der Waals surface area contributed by atoms with Crippen LogP contribution in [0.15, 0.2) is 23.4 Å². The quantitative estimate of drug-likeness (QED) is 0.533. The van der Waals surface area contributed by atoms with E-state index in [1.165, 1.54) is 7.11 Å². The first kappa shape index (κ1) is 6.86. The number of methoxy groups -OCH3 is 1. The molecule has 0 heterocycles. The van der Waals surface area contributed by atoms with E-state index in [2.05, 4.69) is 4.74 Å². The van der Waals surface area contributed by atoms with E-state index in [1.54, 1.807) is 6.08 Å². The van der Waals surface area contributed by atoms with Gasteiger partial charge < -0.3 is 10.5 Å². The van der Waals surface area contributed by atoms with Crippen LogP contribution in [0.3, 0.4) is 0 Å². The molecule has 0 spiro atoms. The number of rotatable bonds is 1. The van der Waals surface area contributed by atoms with Crippen LogP contribution in [0.2, 0.25) is 0 Å². The van der Waals surface area contributed by atoms with E-state index in [4.69, 9.17) is 5.73 Å². The van der Waals surface area contributed by atoms with E-state index in [0.717, 1.165) is 0 Å². The number of allylic oxidation sites excluding steroid dienone is 2. The van der Waals surface area contributed by atoms with E-state index in [-0.39, 0.29) is 5.97 Å². The third-order valence-corrected chi connectivity index (χ3v) is 1.40. The molecule has 0 bridgehead atoms. The Balaban J connectivity index is 2.76. The molecule has 2 N–H and O–H groups in total. The zero-order chi connectivity index (χ0) is 7.56. The maximum absolute atomic E-state index is 10.8. The molecule has 0 aromatic carbocycles. The molecule has 3 nitrogen and oxygen atoms in total. The second kappa shape index (κ2) is 2.56. The molecule has 1 aliphatic carbocycles. The first-order valence-electron chi connectivity index (χ1n) is 2.99. The molecular weight excluding hydrogens is 130 g/mol. The molecule has 0 aromatic heterocycles. The lowest BCUT2D eigenvalue weighted by Crippen LogP contribution is -2.08. The lowest BCUT2D eigenvalue weighted by molar-refractivity contribution is -0.136. The largest absolute Gasteiger partial charge is 0.466 e. The zero-order valence-corrected chi connectivity index (χ0v) is 5.76. The SMILES string of the molecule is COC(=O)C1=C(N)C=CC1. The monoisotopic (exact) mass is 139 g/mol. The fourth-order valence-electron chi connectivity index (χ4n) is 0.847. The predicted octanol–water partition coefficient (Wildman–Crippen LogP) is 0.332. The summed E-state index contributed by atoms with van der Waals surface area (Å²) in [6, 6.07) is 0. The average Bonchev–Trinajstić information content (AvgIpc) is 2.34. The minimum absolute atomic E-state index is 0.331. The predicted molar refractivity (Wildman–Crippen MR) is 37.0 cm³/mol. The molecule has 0 saturated heterocycles. The lowest BCUT2D eigenvalue weighted by atomic mass is 10.2. The molecule has 10 heavy (non-hydrogen) atoms. The van der Waals surface area contributed by atoms with Crippen LogP contribution in [-0.4, -0.2) is 13.1 Å². The molecule has 1 rings (SSSR count). The number of nitrogens with two attached hydrogens (primary N) is 1. The van der Waals surface area contributed by atoms with Gasteiger partial charge in [-0.1, -0.05) is 6.08 Å². The average molecular weight is 139 g/mol. The molecule has 0 aliphatic heterocycles. The molecule has 0 radical (unpaired) electrons. The van der Waals surface area contributed by atoms with Crippen molar-refractivity contribution in [3.05, 3.63) is 23.4 Å². The summed E-state index contributed by atoms with van der Waals surface area (Å²) in [4.78, 5) is 10.8. The minimum Gasteiger partial charge on any atom is -0.466 e. The summed E-state index contributed by atoms with van der Waals surface area (Å²) in [6.45, 7) is 0. The van der Waals surface area contributed by atoms with E-state index >= 15 is 0 Å². The third kappa shape index (κ3) is 1.03. The highest BCUT2D eigenvalue weighted by Gasteiger charge is 2.14. The highest BCUT2D eigenvalue weighted by molar-refractivity contribution is 5.90. The van der Waals surface area contributed by atoms with Gasteiger partial charge >= 0.3 is 5.97 Å². The molecule has 0 saturated carbocycles. The summed E-state index contributed by atoms with van der Waals surface area (Å²) in [5, 5.41) is 0. The maximum atomic E-state index is 10.8. The van der Waals surface area contributed by atoms with Gasteiger partial charge in [0, 0.05) is 5.70 Å². The van der Waals surface area contributed by atoms with Gasteiger partial charge in [-0.3, -0.25) is 0 Å². The van der Waals surface area contributed by atoms with Gasteiger partial charge in [-0.15, -0.1) is 0 Å². The molecular formula is C7H9NO2. The van der Waals surface area contributed by atoms with Crippen LogP contribution in [0.25, 0.3) is 0 Å². The summed E-state index contributed by atoms with van der Waals surface area (Å²) in [6.07, 6.45) is 4.15. The summed E-state index contributed by atoms with van der Waals surface area (Å²) < 4.78 is 4.49. The molecule has 0 aromatic rings. The Kier molecular flexibility index (Phi) is 1.76. The molecule has 1 aliphatic rings. The number of ether oxygens (including phenoxy) is 1. The Morgan fingerprint density at radius 2 is 2.50 bits per heavy atom. The number of esters is 1. The van der Waals surface area contributed by atoms with Crippen LogP contribution in [-0.2, 0) is 9.53 Å². The Morgan fingerprint density at radius 3 is 2.90 bits per heavy atom. The Morgan fingerprint density at radius 1 is 1.80 bits per heavy atom. The topological polar surface area (TPSA) is 52.3 Å². The maximum Gasteiger partial charge on any atom is 0.336 e. The van der Waals surface area contributed by atoms with Crippen molar-refractivity contribution in [2.24, 2.45) is 5.73 Å². The van der Waals surface area contributed by atoms with E-state index in [9.17, 15) is 4.79 Å².